The van der Waals surface area contributed by atoms with E-state index in [-0.39, 0.29) is 6.61 Å². The third kappa shape index (κ3) is 3.75. The molecule has 0 radical (unpaired) electrons. The number of rotatable bonds is 4. The number of aromatic nitrogens is 4. The Balaban J connectivity index is 1.75. The number of aryl methyl sites for hydroxylation is 3. The minimum Gasteiger partial charge on any atom is -0.457 e. The van der Waals surface area contributed by atoms with Crippen molar-refractivity contribution in [3.8, 4) is 12.0 Å². The molecule has 0 N–H and O–H groups in total. The minimum absolute atomic E-state index is 0.120. The van der Waals surface area contributed by atoms with Crippen LogP contribution in [0.2, 0.25) is 0 Å². The number of nitriles is 1. The van der Waals surface area contributed by atoms with Gasteiger partial charge in [-0.05, 0) is 44.5 Å². The monoisotopic (exact) mass is 347 g/mol. The first-order valence-corrected chi connectivity index (χ1v) is 8.01. The van der Waals surface area contributed by atoms with Crippen LogP contribution in [-0.4, -0.2) is 25.7 Å². The van der Waals surface area contributed by atoms with Crippen LogP contribution in [-0.2, 0) is 11.3 Å². The molecule has 2 aromatic heterocycles. The minimum atomic E-state index is -0.470. The van der Waals surface area contributed by atoms with Gasteiger partial charge in [-0.1, -0.05) is 12.1 Å². The van der Waals surface area contributed by atoms with Gasteiger partial charge in [-0.3, -0.25) is 0 Å². The molecule has 130 valence electrons. The summed E-state index contributed by atoms with van der Waals surface area (Å²) in [6.45, 7) is 5.61. The van der Waals surface area contributed by atoms with Crippen LogP contribution in [0.15, 0.2) is 36.5 Å². The standard InChI is InChI=1S/C19H17N5O2/c1-12-8-13(2)22-19(21-12)24-10-17(14(3)23-24)18(25)26-11-16-6-4-15(9-20)5-7-16/h4-8,10H,11H2,1-3H3. The first-order chi connectivity index (χ1) is 12.5. The summed E-state index contributed by atoms with van der Waals surface area (Å²) in [6.07, 6.45) is 1.57. The van der Waals surface area contributed by atoms with Crippen LogP contribution < -0.4 is 0 Å². The third-order valence-electron chi connectivity index (χ3n) is 3.75. The van der Waals surface area contributed by atoms with Crippen molar-refractivity contribution in [3.63, 3.8) is 0 Å². The molecular formula is C19H17N5O2. The lowest BCUT2D eigenvalue weighted by molar-refractivity contribution is 0.0472. The Labute approximate surface area is 150 Å². The number of carbonyl (C=O) groups is 1. The van der Waals surface area contributed by atoms with Gasteiger partial charge in [0.1, 0.15) is 12.2 Å². The van der Waals surface area contributed by atoms with Gasteiger partial charge in [-0.25, -0.2) is 19.4 Å². The van der Waals surface area contributed by atoms with Crippen LogP contribution in [0, 0.1) is 32.1 Å². The van der Waals surface area contributed by atoms with E-state index in [1.54, 1.807) is 37.4 Å². The van der Waals surface area contributed by atoms with Crippen LogP contribution in [0.3, 0.4) is 0 Å². The topological polar surface area (TPSA) is 93.7 Å². The van der Waals surface area contributed by atoms with Crippen molar-refractivity contribution in [1.82, 2.24) is 19.7 Å². The van der Waals surface area contributed by atoms with E-state index < -0.39 is 5.97 Å². The molecule has 0 aliphatic carbocycles. The Morgan fingerprint density at radius 3 is 2.42 bits per heavy atom. The zero-order valence-electron chi connectivity index (χ0n) is 14.7. The Bertz CT molecular complexity index is 980. The molecule has 0 bridgehead atoms. The fourth-order valence-corrected chi connectivity index (χ4v) is 2.47. The van der Waals surface area contributed by atoms with E-state index in [0.717, 1.165) is 17.0 Å². The zero-order valence-corrected chi connectivity index (χ0v) is 14.7. The third-order valence-corrected chi connectivity index (χ3v) is 3.75. The zero-order chi connectivity index (χ0) is 18.7. The highest BCUT2D eigenvalue weighted by molar-refractivity contribution is 5.90. The van der Waals surface area contributed by atoms with E-state index in [4.69, 9.17) is 10.00 Å². The van der Waals surface area contributed by atoms with Gasteiger partial charge in [0.05, 0.1) is 17.3 Å². The van der Waals surface area contributed by atoms with Gasteiger partial charge in [0.15, 0.2) is 0 Å². The summed E-state index contributed by atoms with van der Waals surface area (Å²) in [7, 11) is 0. The normalized spacial score (nSPS) is 10.4. The van der Waals surface area contributed by atoms with Crippen LogP contribution in [0.5, 0.6) is 0 Å². The quantitative estimate of drug-likeness (QED) is 0.674. The van der Waals surface area contributed by atoms with Gasteiger partial charge in [0.2, 0.25) is 0 Å². The molecule has 7 nitrogen and oxygen atoms in total. The maximum Gasteiger partial charge on any atom is 0.341 e. The first kappa shape index (κ1) is 17.3. The van der Waals surface area contributed by atoms with Crippen molar-refractivity contribution in [3.05, 3.63) is 70.3 Å². The molecule has 0 aliphatic heterocycles. The molecule has 0 unspecified atom stereocenters. The molecule has 0 atom stereocenters. The molecule has 0 amide bonds. The van der Waals surface area contributed by atoms with Crippen LogP contribution in [0.4, 0.5) is 0 Å². The fourth-order valence-electron chi connectivity index (χ4n) is 2.47. The molecule has 3 aromatic rings. The maximum atomic E-state index is 12.4. The molecule has 0 fully saturated rings. The Kier molecular flexibility index (Phi) is 4.76. The predicted molar refractivity (Wildman–Crippen MR) is 93.6 cm³/mol. The summed E-state index contributed by atoms with van der Waals surface area (Å²) in [5, 5.41) is 13.1. The van der Waals surface area contributed by atoms with Crippen molar-refractivity contribution in [2.24, 2.45) is 0 Å². The molecule has 1 aromatic carbocycles. The van der Waals surface area contributed by atoms with Gasteiger partial charge < -0.3 is 4.74 Å². The second-order valence-corrected chi connectivity index (χ2v) is 5.91. The van der Waals surface area contributed by atoms with Crippen molar-refractivity contribution >= 4 is 5.97 Å². The van der Waals surface area contributed by atoms with Crippen molar-refractivity contribution < 1.29 is 9.53 Å². The highest BCUT2D eigenvalue weighted by Gasteiger charge is 2.17. The Morgan fingerprint density at radius 1 is 1.15 bits per heavy atom. The summed E-state index contributed by atoms with van der Waals surface area (Å²) in [6, 6.07) is 10.8. The average Bonchev–Trinajstić information content (AvgIpc) is 3.01. The first-order valence-electron chi connectivity index (χ1n) is 8.01. The highest BCUT2D eigenvalue weighted by atomic mass is 16.5. The van der Waals surface area contributed by atoms with Gasteiger partial charge in [0, 0.05) is 17.6 Å². The molecule has 0 spiro atoms. The maximum absolute atomic E-state index is 12.4. The second kappa shape index (κ2) is 7.15. The lowest BCUT2D eigenvalue weighted by Gasteiger charge is -2.04. The van der Waals surface area contributed by atoms with Gasteiger partial charge in [-0.2, -0.15) is 10.4 Å². The molecule has 26 heavy (non-hydrogen) atoms. The van der Waals surface area contributed by atoms with Crippen molar-refractivity contribution in [2.75, 3.05) is 0 Å². The van der Waals surface area contributed by atoms with Crippen molar-refractivity contribution in [2.45, 2.75) is 27.4 Å². The number of benzene rings is 1. The Hall–Kier alpha value is -3.53. The largest absolute Gasteiger partial charge is 0.457 e. The lowest BCUT2D eigenvalue weighted by Crippen LogP contribution is -2.06. The van der Waals surface area contributed by atoms with E-state index in [2.05, 4.69) is 15.1 Å². The number of hydrogen-bond acceptors (Lipinski definition) is 6. The number of nitrogens with zero attached hydrogens (tertiary/aromatic N) is 5. The van der Waals surface area contributed by atoms with E-state index >= 15 is 0 Å². The fraction of sp³-hybridized carbons (Fsp3) is 0.211. The Morgan fingerprint density at radius 2 is 1.81 bits per heavy atom. The van der Waals surface area contributed by atoms with E-state index in [0.29, 0.717) is 22.8 Å². The van der Waals surface area contributed by atoms with E-state index in [1.807, 2.05) is 26.0 Å². The van der Waals surface area contributed by atoms with Crippen LogP contribution in [0.1, 0.15) is 38.6 Å². The summed E-state index contributed by atoms with van der Waals surface area (Å²) >= 11 is 0. The van der Waals surface area contributed by atoms with Gasteiger partial charge in [0.25, 0.3) is 5.95 Å². The number of esters is 1. The molecule has 0 aliphatic rings. The van der Waals surface area contributed by atoms with Crippen LogP contribution in [0.25, 0.3) is 5.95 Å². The molecule has 7 heteroatoms. The molecule has 0 saturated heterocycles. The van der Waals surface area contributed by atoms with Crippen molar-refractivity contribution in [1.29, 1.82) is 5.26 Å². The van der Waals surface area contributed by atoms with Crippen LogP contribution >= 0.6 is 0 Å². The smallest absolute Gasteiger partial charge is 0.341 e. The number of carbonyl (C=O) groups excluding carboxylic acids is 1. The summed E-state index contributed by atoms with van der Waals surface area (Å²) < 4.78 is 6.83. The number of ether oxygens (including phenoxy) is 1. The second-order valence-electron chi connectivity index (χ2n) is 5.91. The predicted octanol–water partition coefficient (Wildman–Crippen LogP) is 2.82. The van der Waals surface area contributed by atoms with Gasteiger partial charge in [-0.15, -0.1) is 0 Å². The molecule has 0 saturated carbocycles. The lowest BCUT2D eigenvalue weighted by atomic mass is 10.1. The summed E-state index contributed by atoms with van der Waals surface area (Å²) in [5.74, 6) is -0.0563. The molecular weight excluding hydrogens is 330 g/mol. The van der Waals surface area contributed by atoms with E-state index in [1.165, 1.54) is 4.68 Å². The van der Waals surface area contributed by atoms with Gasteiger partial charge >= 0.3 is 5.97 Å². The molecule has 2 heterocycles. The SMILES string of the molecule is Cc1cc(C)nc(-n2cc(C(=O)OCc3ccc(C#N)cc3)c(C)n2)n1. The number of hydrogen-bond donors (Lipinski definition) is 0. The summed E-state index contributed by atoms with van der Waals surface area (Å²) in [4.78, 5) is 21.0. The average molecular weight is 347 g/mol. The summed E-state index contributed by atoms with van der Waals surface area (Å²) in [5.41, 5.74) is 3.92. The highest BCUT2D eigenvalue weighted by Crippen LogP contribution is 2.13. The van der Waals surface area contributed by atoms with E-state index in [9.17, 15) is 4.79 Å². The molecule has 3 rings (SSSR count).